The van der Waals surface area contributed by atoms with Gasteiger partial charge in [0.1, 0.15) is 11.6 Å². The monoisotopic (exact) mass is 440 g/mol. The van der Waals surface area contributed by atoms with E-state index in [4.69, 9.17) is 0 Å². The Hall–Kier alpha value is -2.95. The molecular formula is C19H20F4N6S. The van der Waals surface area contributed by atoms with E-state index < -0.39 is 11.9 Å². The van der Waals surface area contributed by atoms with Crippen LogP contribution < -0.4 is 10.6 Å². The highest BCUT2D eigenvalue weighted by Crippen LogP contribution is 2.30. The second-order valence-electron chi connectivity index (χ2n) is 6.36. The first-order chi connectivity index (χ1) is 14.3. The summed E-state index contributed by atoms with van der Waals surface area (Å²) in [5.41, 5.74) is 0.256. The van der Waals surface area contributed by atoms with Crippen molar-refractivity contribution in [3.05, 3.63) is 63.9 Å². The van der Waals surface area contributed by atoms with Gasteiger partial charge in [-0.05, 0) is 24.6 Å². The molecule has 0 fully saturated rings. The molecule has 0 bridgehead atoms. The van der Waals surface area contributed by atoms with Gasteiger partial charge in [-0.3, -0.25) is 4.99 Å². The Bertz CT molecular complexity index is 1020. The molecule has 3 rings (SSSR count). The molecule has 2 N–H and O–H groups in total. The van der Waals surface area contributed by atoms with Crippen LogP contribution >= 0.6 is 11.3 Å². The van der Waals surface area contributed by atoms with Gasteiger partial charge in [-0.15, -0.1) is 11.3 Å². The van der Waals surface area contributed by atoms with Gasteiger partial charge in [-0.1, -0.05) is 6.07 Å². The zero-order valence-electron chi connectivity index (χ0n) is 16.3. The number of nitrogens with one attached hydrogen (secondary N) is 2. The SMILES string of the molecule is CN=C(NCCc1nc(C(F)(F)F)cs1)NCc1ccc(-n2ccnc2C)c(F)c1. The first kappa shape index (κ1) is 21.8. The molecule has 0 radical (unpaired) electrons. The second kappa shape index (κ2) is 9.24. The van der Waals surface area contributed by atoms with E-state index in [0.29, 0.717) is 47.6 Å². The van der Waals surface area contributed by atoms with Crippen molar-refractivity contribution in [1.82, 2.24) is 25.2 Å². The normalized spacial score (nSPS) is 12.3. The van der Waals surface area contributed by atoms with Crippen LogP contribution in [0.2, 0.25) is 0 Å². The molecule has 11 heteroatoms. The minimum Gasteiger partial charge on any atom is -0.356 e. The maximum Gasteiger partial charge on any atom is 0.434 e. The van der Waals surface area contributed by atoms with E-state index in [9.17, 15) is 17.6 Å². The summed E-state index contributed by atoms with van der Waals surface area (Å²) in [4.78, 5) is 11.7. The number of hydrogen-bond acceptors (Lipinski definition) is 4. The van der Waals surface area contributed by atoms with Crippen LogP contribution in [0.4, 0.5) is 17.6 Å². The highest BCUT2D eigenvalue weighted by Gasteiger charge is 2.33. The fraction of sp³-hybridized carbons (Fsp3) is 0.316. The Morgan fingerprint density at radius 1 is 1.27 bits per heavy atom. The number of guanidine groups is 1. The molecule has 0 atom stereocenters. The van der Waals surface area contributed by atoms with Crippen molar-refractivity contribution in [1.29, 1.82) is 0 Å². The summed E-state index contributed by atoms with van der Waals surface area (Å²) in [6.07, 6.45) is -0.802. The quantitative estimate of drug-likeness (QED) is 0.349. The first-order valence-corrected chi connectivity index (χ1v) is 9.90. The summed E-state index contributed by atoms with van der Waals surface area (Å²) in [6, 6.07) is 4.91. The average Bonchev–Trinajstić information content (AvgIpc) is 3.33. The number of thiazole rings is 1. The molecular weight excluding hydrogens is 420 g/mol. The van der Waals surface area contributed by atoms with Crippen LogP contribution in [-0.4, -0.2) is 34.1 Å². The molecule has 160 valence electrons. The smallest absolute Gasteiger partial charge is 0.356 e. The van der Waals surface area contributed by atoms with Crippen LogP contribution in [0.3, 0.4) is 0 Å². The fourth-order valence-electron chi connectivity index (χ4n) is 2.74. The Labute approximate surface area is 174 Å². The molecule has 0 aliphatic rings. The predicted molar refractivity (Wildman–Crippen MR) is 107 cm³/mol. The molecule has 0 saturated carbocycles. The number of aliphatic imine (C=N–C) groups is 1. The lowest BCUT2D eigenvalue weighted by Crippen LogP contribution is -2.37. The molecule has 6 nitrogen and oxygen atoms in total. The summed E-state index contributed by atoms with van der Waals surface area (Å²) in [6.45, 7) is 2.48. The number of rotatable bonds is 6. The zero-order valence-corrected chi connectivity index (χ0v) is 17.1. The van der Waals surface area contributed by atoms with E-state index >= 15 is 0 Å². The predicted octanol–water partition coefficient (Wildman–Crippen LogP) is 3.70. The summed E-state index contributed by atoms with van der Waals surface area (Å²) in [5.74, 6) is 0.770. The lowest BCUT2D eigenvalue weighted by molar-refractivity contribution is -0.140. The Morgan fingerprint density at radius 2 is 2.07 bits per heavy atom. The summed E-state index contributed by atoms with van der Waals surface area (Å²) in [7, 11) is 1.58. The van der Waals surface area contributed by atoms with Crippen LogP contribution in [0.5, 0.6) is 0 Å². The molecule has 0 saturated heterocycles. The molecule has 30 heavy (non-hydrogen) atoms. The molecule has 0 spiro atoms. The number of aromatic nitrogens is 3. The molecule has 2 heterocycles. The standard InChI is InChI=1S/C19H20F4N6S/c1-12-25-7-8-29(12)15-4-3-13(9-14(15)20)10-27-18(24-2)26-6-5-17-28-16(11-30-17)19(21,22)23/h3-4,7-9,11H,5-6,10H2,1-2H3,(H2,24,26,27). The van der Waals surface area contributed by atoms with Crippen molar-refractivity contribution in [3.63, 3.8) is 0 Å². The van der Waals surface area contributed by atoms with E-state index in [1.54, 1.807) is 43.1 Å². The second-order valence-corrected chi connectivity index (χ2v) is 7.30. The molecule has 0 amide bonds. The molecule has 3 aromatic rings. The summed E-state index contributed by atoms with van der Waals surface area (Å²) < 4.78 is 53.9. The Kier molecular flexibility index (Phi) is 6.70. The summed E-state index contributed by atoms with van der Waals surface area (Å²) in [5, 5.41) is 7.45. The van der Waals surface area contributed by atoms with Gasteiger partial charge in [0.05, 0.1) is 10.7 Å². The van der Waals surface area contributed by atoms with Gasteiger partial charge in [0.25, 0.3) is 0 Å². The number of benzene rings is 1. The van der Waals surface area contributed by atoms with E-state index in [1.807, 2.05) is 0 Å². The third-order valence-electron chi connectivity index (χ3n) is 4.25. The molecule has 0 aliphatic carbocycles. The van der Waals surface area contributed by atoms with Crippen LogP contribution in [0.15, 0.2) is 41.0 Å². The van der Waals surface area contributed by atoms with E-state index in [-0.39, 0.29) is 5.82 Å². The van der Waals surface area contributed by atoms with Crippen molar-refractivity contribution in [2.75, 3.05) is 13.6 Å². The van der Waals surface area contributed by atoms with E-state index in [1.165, 1.54) is 6.07 Å². The van der Waals surface area contributed by atoms with Crippen LogP contribution in [-0.2, 0) is 19.1 Å². The van der Waals surface area contributed by atoms with Gasteiger partial charge in [-0.2, -0.15) is 13.2 Å². The Balaban J connectivity index is 1.51. The number of imidazole rings is 1. The number of aryl methyl sites for hydroxylation is 1. The molecule has 1 aromatic carbocycles. The summed E-state index contributed by atoms with van der Waals surface area (Å²) >= 11 is 0.969. The first-order valence-electron chi connectivity index (χ1n) is 9.03. The van der Waals surface area contributed by atoms with Crippen LogP contribution in [0.25, 0.3) is 5.69 Å². The van der Waals surface area contributed by atoms with Crippen LogP contribution in [0.1, 0.15) is 22.1 Å². The van der Waals surface area contributed by atoms with Gasteiger partial charge >= 0.3 is 6.18 Å². The number of nitrogens with zero attached hydrogens (tertiary/aromatic N) is 4. The van der Waals surface area contributed by atoms with Gasteiger partial charge in [-0.25, -0.2) is 14.4 Å². The molecule has 0 aliphatic heterocycles. The maximum absolute atomic E-state index is 14.5. The highest BCUT2D eigenvalue weighted by molar-refractivity contribution is 7.09. The van der Waals surface area contributed by atoms with Gasteiger partial charge in [0.15, 0.2) is 11.7 Å². The lowest BCUT2D eigenvalue weighted by atomic mass is 10.2. The van der Waals surface area contributed by atoms with Crippen molar-refractivity contribution < 1.29 is 17.6 Å². The minimum absolute atomic E-state index is 0.328. The van der Waals surface area contributed by atoms with Gasteiger partial charge in [0, 0.05) is 44.3 Å². The Morgan fingerprint density at radius 3 is 2.67 bits per heavy atom. The number of alkyl halides is 3. The van der Waals surface area contributed by atoms with Gasteiger partial charge < -0.3 is 15.2 Å². The van der Waals surface area contributed by atoms with Crippen molar-refractivity contribution in [3.8, 4) is 5.69 Å². The minimum atomic E-state index is -4.43. The number of hydrogen-bond donors (Lipinski definition) is 2. The average molecular weight is 440 g/mol. The fourth-order valence-corrected chi connectivity index (χ4v) is 3.54. The van der Waals surface area contributed by atoms with E-state index in [0.717, 1.165) is 16.7 Å². The topological polar surface area (TPSA) is 67.1 Å². The van der Waals surface area contributed by atoms with Crippen molar-refractivity contribution in [2.24, 2.45) is 4.99 Å². The third kappa shape index (κ3) is 5.35. The van der Waals surface area contributed by atoms with E-state index in [2.05, 4.69) is 25.6 Å². The van der Waals surface area contributed by atoms with Crippen molar-refractivity contribution in [2.45, 2.75) is 26.1 Å². The zero-order chi connectivity index (χ0) is 21.7. The maximum atomic E-state index is 14.5. The van der Waals surface area contributed by atoms with Crippen LogP contribution in [0, 0.1) is 12.7 Å². The molecule has 0 unspecified atom stereocenters. The lowest BCUT2D eigenvalue weighted by Gasteiger charge is -2.13. The molecule has 2 aromatic heterocycles. The highest BCUT2D eigenvalue weighted by atomic mass is 32.1. The largest absolute Gasteiger partial charge is 0.434 e. The third-order valence-corrected chi connectivity index (χ3v) is 5.16. The van der Waals surface area contributed by atoms with Crippen molar-refractivity contribution >= 4 is 17.3 Å². The number of halogens is 4. The van der Waals surface area contributed by atoms with Gasteiger partial charge in [0.2, 0.25) is 0 Å².